The smallest absolute Gasteiger partial charge is 0.357 e. The van der Waals surface area contributed by atoms with Crippen molar-refractivity contribution in [1.29, 1.82) is 0 Å². The number of esters is 2. The monoisotopic (exact) mass is 859 g/mol. The summed E-state index contributed by atoms with van der Waals surface area (Å²) in [6, 6.07) is 21.6. The molecule has 0 atom stereocenters. The fourth-order valence-corrected chi connectivity index (χ4v) is 10.7. The van der Waals surface area contributed by atoms with Gasteiger partial charge in [-0.1, -0.05) is 47.4 Å². The van der Waals surface area contributed by atoms with Crippen LogP contribution in [-0.2, 0) is 33.7 Å². The molecule has 11 nitrogen and oxygen atoms in total. The van der Waals surface area contributed by atoms with Crippen LogP contribution in [0.2, 0.25) is 0 Å². The molecule has 0 radical (unpaired) electrons. The van der Waals surface area contributed by atoms with Gasteiger partial charge >= 0.3 is 11.9 Å². The molecule has 13 heteroatoms. The highest BCUT2D eigenvalue weighted by molar-refractivity contribution is 7.22. The second-order valence-electron chi connectivity index (χ2n) is 17.5. The lowest BCUT2D eigenvalue weighted by atomic mass is 9.65. The van der Waals surface area contributed by atoms with Crippen molar-refractivity contribution in [2.45, 2.75) is 84.3 Å². The maximum absolute atomic E-state index is 13.6. The SMILES string of the molecule is COC(=O)c1nc(N2CCc3cccc(C(=O)Nc4nc5ccccc5s4)c3C2)sc1CCCOc1ccc(C#CCN2CC3(CCC(CC(=O)OC(C)(C)C)CC3)C2)cc1. The summed E-state index contributed by atoms with van der Waals surface area (Å²) in [5, 5.41) is 4.31. The Balaban J connectivity index is 0.796. The number of carbonyl (C=O) groups excluding carboxylic acids is 3. The van der Waals surface area contributed by atoms with Crippen LogP contribution in [0.25, 0.3) is 10.2 Å². The van der Waals surface area contributed by atoms with E-state index >= 15 is 0 Å². The van der Waals surface area contributed by atoms with E-state index in [-0.39, 0.29) is 11.9 Å². The Bertz CT molecular complexity index is 2410. The van der Waals surface area contributed by atoms with Crippen LogP contribution < -0.4 is 15.0 Å². The van der Waals surface area contributed by atoms with Crippen molar-refractivity contribution in [3.63, 3.8) is 0 Å². The normalized spacial score (nSPS) is 16.3. The number of hydrogen-bond donors (Lipinski definition) is 1. The van der Waals surface area contributed by atoms with Crippen molar-refractivity contribution >= 4 is 61.0 Å². The Morgan fingerprint density at radius 3 is 2.51 bits per heavy atom. The molecule has 3 aromatic carbocycles. The van der Waals surface area contributed by atoms with Gasteiger partial charge in [-0.25, -0.2) is 14.8 Å². The zero-order valence-electron chi connectivity index (χ0n) is 35.4. The quantitative estimate of drug-likeness (QED) is 0.0739. The number of methoxy groups -OCH3 is 1. The average Bonchev–Trinajstić information content (AvgIpc) is 3.85. The standard InChI is InChI=1S/C48H53N5O6S2/c1-47(2,3)59-41(54)28-33-20-23-48(24-21-33)30-52(31-48)25-8-10-32-16-18-35(19-17-32)58-27-9-15-40-42(44(56)57-4)50-46(61-40)53-26-22-34-11-7-12-36(37(34)29-53)43(55)51-45-49-38-13-5-6-14-39(38)60-45/h5-7,11-14,16-19,33H,9,15,20-31H2,1-4H3,(H,49,51,55). The highest BCUT2D eigenvalue weighted by Gasteiger charge is 2.45. The highest BCUT2D eigenvalue weighted by atomic mass is 32.1. The third kappa shape index (κ3) is 10.4. The summed E-state index contributed by atoms with van der Waals surface area (Å²) in [5.74, 6) is 7.13. The number of ether oxygens (including phenoxy) is 3. The summed E-state index contributed by atoms with van der Waals surface area (Å²) < 4.78 is 17.8. The topological polar surface area (TPSA) is 123 Å². The number of nitrogens with one attached hydrogen (secondary N) is 1. The van der Waals surface area contributed by atoms with Crippen LogP contribution in [-0.4, -0.2) is 78.2 Å². The minimum absolute atomic E-state index is 0.0705. The van der Waals surface area contributed by atoms with Gasteiger partial charge in [0.05, 0.1) is 30.5 Å². The lowest BCUT2D eigenvalue weighted by Crippen LogP contribution is -2.57. The molecule has 8 rings (SSSR count). The fourth-order valence-electron chi connectivity index (χ4n) is 8.70. The minimum atomic E-state index is -0.462. The van der Waals surface area contributed by atoms with Gasteiger partial charge in [0, 0.05) is 48.6 Å². The first-order valence-corrected chi connectivity index (χ1v) is 22.8. The Morgan fingerprint density at radius 2 is 1.75 bits per heavy atom. The Labute approximate surface area is 365 Å². The fraction of sp³-hybridized carbons (Fsp3) is 0.438. The molecule has 1 amide bonds. The zero-order chi connectivity index (χ0) is 42.6. The predicted octanol–water partition coefficient (Wildman–Crippen LogP) is 8.94. The van der Waals surface area contributed by atoms with Crippen LogP contribution >= 0.6 is 22.7 Å². The van der Waals surface area contributed by atoms with Crippen LogP contribution in [0.5, 0.6) is 5.75 Å². The van der Waals surface area contributed by atoms with Crippen molar-refractivity contribution in [1.82, 2.24) is 14.9 Å². The predicted molar refractivity (Wildman–Crippen MR) is 241 cm³/mol. The number of aromatic nitrogens is 2. The van der Waals surface area contributed by atoms with Gasteiger partial charge in [-0.2, -0.15) is 0 Å². The second-order valence-corrected chi connectivity index (χ2v) is 19.6. The summed E-state index contributed by atoms with van der Waals surface area (Å²) in [7, 11) is 1.37. The van der Waals surface area contributed by atoms with Crippen molar-refractivity contribution in [2.24, 2.45) is 11.3 Å². The van der Waals surface area contributed by atoms with E-state index < -0.39 is 11.6 Å². The summed E-state index contributed by atoms with van der Waals surface area (Å²) in [6.07, 6.45) is 7.13. The van der Waals surface area contributed by atoms with Gasteiger partial charge in [0.1, 0.15) is 11.4 Å². The van der Waals surface area contributed by atoms with Gasteiger partial charge in [-0.3, -0.25) is 19.8 Å². The molecular formula is C48H53N5O6S2. The number of thiazole rings is 2. The van der Waals surface area contributed by atoms with E-state index in [4.69, 9.17) is 19.2 Å². The van der Waals surface area contributed by atoms with Crippen LogP contribution in [0, 0.1) is 23.2 Å². The van der Waals surface area contributed by atoms with E-state index in [0.29, 0.717) is 66.7 Å². The Morgan fingerprint density at radius 1 is 0.967 bits per heavy atom. The van der Waals surface area contributed by atoms with Crippen LogP contribution in [0.1, 0.15) is 102 Å². The van der Waals surface area contributed by atoms with Crippen LogP contribution in [0.4, 0.5) is 10.3 Å². The number of aryl methyl sites for hydroxylation is 1. The molecule has 1 N–H and O–H groups in total. The first-order valence-electron chi connectivity index (χ1n) is 21.2. The van der Waals surface area contributed by atoms with E-state index in [1.807, 2.05) is 81.4 Å². The number of likely N-dealkylation sites (tertiary alicyclic amines) is 1. The summed E-state index contributed by atoms with van der Waals surface area (Å²) in [4.78, 5) is 53.5. The number of hydrogen-bond acceptors (Lipinski definition) is 12. The van der Waals surface area contributed by atoms with E-state index in [1.54, 1.807) is 0 Å². The van der Waals surface area contributed by atoms with Crippen molar-refractivity contribution in [3.8, 4) is 17.6 Å². The summed E-state index contributed by atoms with van der Waals surface area (Å²) >= 11 is 2.94. The molecule has 1 saturated heterocycles. The number of benzene rings is 3. The Kier molecular flexibility index (Phi) is 12.8. The molecular weight excluding hydrogens is 807 g/mol. The van der Waals surface area contributed by atoms with Gasteiger partial charge in [0.2, 0.25) is 0 Å². The van der Waals surface area contributed by atoms with Crippen LogP contribution in [0.15, 0.2) is 66.7 Å². The second kappa shape index (κ2) is 18.4. The molecule has 4 heterocycles. The number of carbonyl (C=O) groups is 3. The number of para-hydroxylation sites is 1. The number of anilines is 2. The molecule has 1 spiro atoms. The molecule has 2 fully saturated rings. The molecule has 61 heavy (non-hydrogen) atoms. The third-order valence-corrected chi connectivity index (χ3v) is 13.9. The van der Waals surface area contributed by atoms with Gasteiger partial charge < -0.3 is 19.1 Å². The summed E-state index contributed by atoms with van der Waals surface area (Å²) in [5.41, 5.74) is 4.79. The molecule has 5 aromatic rings. The van der Waals surface area contributed by atoms with E-state index in [2.05, 4.69) is 38.0 Å². The number of fused-ring (bicyclic) bond motifs is 2. The molecule has 1 saturated carbocycles. The summed E-state index contributed by atoms with van der Waals surface area (Å²) in [6.45, 7) is 10.4. The lowest BCUT2D eigenvalue weighted by molar-refractivity contribution is -0.156. The molecule has 1 aliphatic carbocycles. The number of rotatable bonds is 12. The van der Waals surface area contributed by atoms with Crippen LogP contribution in [0.3, 0.4) is 0 Å². The van der Waals surface area contributed by atoms with E-state index in [9.17, 15) is 14.4 Å². The number of amides is 1. The van der Waals surface area contributed by atoms with Gasteiger partial charge in [-0.15, -0.1) is 11.3 Å². The molecule has 0 unspecified atom stereocenters. The largest absolute Gasteiger partial charge is 0.494 e. The molecule has 0 bridgehead atoms. The molecule has 318 valence electrons. The average molecular weight is 860 g/mol. The zero-order valence-corrected chi connectivity index (χ0v) is 37.0. The first kappa shape index (κ1) is 42.4. The van der Waals surface area contributed by atoms with E-state index in [0.717, 1.165) is 81.6 Å². The Hall–Kier alpha value is -5.29. The molecule has 2 aromatic heterocycles. The molecule has 3 aliphatic rings. The van der Waals surface area contributed by atoms with Crippen molar-refractivity contribution in [3.05, 3.63) is 99.6 Å². The van der Waals surface area contributed by atoms with E-state index in [1.165, 1.54) is 42.6 Å². The van der Waals surface area contributed by atoms with Gasteiger partial charge in [0.15, 0.2) is 16.0 Å². The third-order valence-electron chi connectivity index (χ3n) is 11.7. The van der Waals surface area contributed by atoms with Crippen molar-refractivity contribution < 1.29 is 28.6 Å². The highest BCUT2D eigenvalue weighted by Crippen LogP contribution is 2.46. The van der Waals surface area contributed by atoms with Gasteiger partial charge in [-0.05, 0) is 131 Å². The number of nitrogens with zero attached hydrogens (tertiary/aromatic N) is 4. The molecule has 2 aliphatic heterocycles. The lowest BCUT2D eigenvalue weighted by Gasteiger charge is -2.53. The first-order chi connectivity index (χ1) is 29.4. The minimum Gasteiger partial charge on any atom is -0.494 e. The van der Waals surface area contributed by atoms with Crippen molar-refractivity contribution in [2.75, 3.05) is 50.1 Å². The van der Waals surface area contributed by atoms with Gasteiger partial charge in [0.25, 0.3) is 5.91 Å². The maximum atomic E-state index is 13.6. The maximum Gasteiger partial charge on any atom is 0.357 e.